The summed E-state index contributed by atoms with van der Waals surface area (Å²) in [5, 5.41) is 8.41. The molecule has 0 aromatic carbocycles. The standard InChI is InChI=1S/C13H12ClF6N5O/c1-6-9(14)10(13(18,19)20)23-25(6)7(2)11(26)22-8-3-21-24(4-8)5-12(15,16)17/h3-4,7H,5H2,1-2H3,(H,22,26). The van der Waals surface area contributed by atoms with Crippen LogP contribution in [-0.4, -0.2) is 31.6 Å². The Balaban J connectivity index is 2.16. The molecular weight excluding hydrogens is 392 g/mol. The van der Waals surface area contributed by atoms with Crippen LogP contribution in [0.2, 0.25) is 5.02 Å². The Labute approximate surface area is 147 Å². The van der Waals surface area contributed by atoms with Gasteiger partial charge in [0.15, 0.2) is 5.69 Å². The van der Waals surface area contributed by atoms with Crippen molar-refractivity contribution < 1.29 is 31.1 Å². The number of nitrogens with one attached hydrogen (secondary N) is 1. The molecule has 26 heavy (non-hydrogen) atoms. The molecule has 0 aliphatic heterocycles. The molecule has 0 aliphatic carbocycles. The molecule has 2 aromatic rings. The van der Waals surface area contributed by atoms with Crippen molar-refractivity contribution >= 4 is 23.2 Å². The first-order valence-corrected chi connectivity index (χ1v) is 7.39. The summed E-state index contributed by atoms with van der Waals surface area (Å²) in [5.41, 5.74) is -1.44. The van der Waals surface area contributed by atoms with Crippen LogP contribution in [0, 0.1) is 6.92 Å². The molecule has 0 fully saturated rings. The Kier molecular flexibility index (Phi) is 5.26. The van der Waals surface area contributed by atoms with Crippen molar-refractivity contribution in [1.29, 1.82) is 0 Å². The number of carbonyl (C=O) groups excluding carboxylic acids is 1. The van der Waals surface area contributed by atoms with Crippen molar-refractivity contribution in [1.82, 2.24) is 19.6 Å². The van der Waals surface area contributed by atoms with E-state index < -0.39 is 41.6 Å². The number of nitrogens with zero attached hydrogens (tertiary/aromatic N) is 4. The van der Waals surface area contributed by atoms with Gasteiger partial charge in [-0.2, -0.15) is 36.5 Å². The summed E-state index contributed by atoms with van der Waals surface area (Å²) >= 11 is 5.62. The minimum atomic E-state index is -4.79. The van der Waals surface area contributed by atoms with Gasteiger partial charge < -0.3 is 5.32 Å². The molecule has 2 aromatic heterocycles. The van der Waals surface area contributed by atoms with E-state index in [-0.39, 0.29) is 11.4 Å². The normalized spacial score (nSPS) is 13.7. The quantitative estimate of drug-likeness (QED) is 0.789. The second-order valence-corrected chi connectivity index (χ2v) is 5.78. The van der Waals surface area contributed by atoms with Crippen LogP contribution in [0.1, 0.15) is 24.4 Å². The zero-order valence-electron chi connectivity index (χ0n) is 13.3. The fourth-order valence-corrected chi connectivity index (χ4v) is 2.34. The first kappa shape index (κ1) is 20.1. The molecule has 0 spiro atoms. The molecule has 144 valence electrons. The van der Waals surface area contributed by atoms with Gasteiger partial charge in [0.2, 0.25) is 5.91 Å². The van der Waals surface area contributed by atoms with Gasteiger partial charge in [-0.05, 0) is 13.8 Å². The van der Waals surface area contributed by atoms with Crippen molar-refractivity contribution in [2.24, 2.45) is 0 Å². The van der Waals surface area contributed by atoms with Crippen molar-refractivity contribution in [3.05, 3.63) is 28.8 Å². The van der Waals surface area contributed by atoms with Gasteiger partial charge in [-0.3, -0.25) is 14.2 Å². The highest BCUT2D eigenvalue weighted by Crippen LogP contribution is 2.36. The number of hydrogen-bond donors (Lipinski definition) is 1. The fourth-order valence-electron chi connectivity index (χ4n) is 2.11. The number of amides is 1. The SMILES string of the molecule is Cc1c(Cl)c(C(F)(F)F)nn1C(C)C(=O)Nc1cnn(CC(F)(F)F)c1. The van der Waals surface area contributed by atoms with E-state index in [0.717, 1.165) is 17.1 Å². The van der Waals surface area contributed by atoms with Crippen LogP contribution >= 0.6 is 11.6 Å². The molecule has 2 heterocycles. The van der Waals surface area contributed by atoms with Gasteiger partial charge in [-0.15, -0.1) is 0 Å². The molecule has 6 nitrogen and oxygen atoms in total. The zero-order valence-corrected chi connectivity index (χ0v) is 14.0. The Hall–Kier alpha value is -2.24. The van der Waals surface area contributed by atoms with E-state index in [4.69, 9.17) is 11.6 Å². The molecular formula is C13H12ClF6N5O. The summed E-state index contributed by atoms with van der Waals surface area (Å²) in [6.45, 7) is 1.18. The fraction of sp³-hybridized carbons (Fsp3) is 0.462. The van der Waals surface area contributed by atoms with E-state index in [1.165, 1.54) is 13.8 Å². The van der Waals surface area contributed by atoms with Crippen LogP contribution in [0.15, 0.2) is 12.4 Å². The van der Waals surface area contributed by atoms with Crippen LogP contribution in [-0.2, 0) is 17.5 Å². The molecule has 1 amide bonds. The smallest absolute Gasteiger partial charge is 0.322 e. The summed E-state index contributed by atoms with van der Waals surface area (Å²) < 4.78 is 76.7. The van der Waals surface area contributed by atoms with Crippen LogP contribution < -0.4 is 5.32 Å². The molecule has 0 aliphatic rings. The maximum atomic E-state index is 12.8. The summed E-state index contributed by atoms with van der Waals surface area (Å²) in [5.74, 6) is -0.799. The van der Waals surface area contributed by atoms with Crippen LogP contribution in [0.3, 0.4) is 0 Å². The third-order valence-electron chi connectivity index (χ3n) is 3.33. The Morgan fingerprint density at radius 2 is 1.92 bits per heavy atom. The molecule has 1 atom stereocenters. The number of hydrogen-bond acceptors (Lipinski definition) is 3. The highest BCUT2D eigenvalue weighted by molar-refractivity contribution is 6.32. The van der Waals surface area contributed by atoms with Crippen molar-refractivity contribution in [3.63, 3.8) is 0 Å². The van der Waals surface area contributed by atoms with Crippen LogP contribution in [0.5, 0.6) is 0 Å². The summed E-state index contributed by atoms with van der Waals surface area (Å²) in [4.78, 5) is 12.2. The maximum Gasteiger partial charge on any atom is 0.436 e. The van der Waals surface area contributed by atoms with E-state index in [9.17, 15) is 31.1 Å². The predicted octanol–water partition coefficient (Wildman–Crippen LogP) is 3.82. The number of halogens is 7. The number of rotatable bonds is 4. The minimum absolute atomic E-state index is 0.0435. The molecule has 0 saturated carbocycles. The number of anilines is 1. The summed E-state index contributed by atoms with van der Waals surface area (Å²) in [6, 6.07) is -1.20. The van der Waals surface area contributed by atoms with Gasteiger partial charge in [0.25, 0.3) is 0 Å². The third-order valence-corrected chi connectivity index (χ3v) is 3.79. The monoisotopic (exact) mass is 403 g/mol. The van der Waals surface area contributed by atoms with E-state index >= 15 is 0 Å². The van der Waals surface area contributed by atoms with Crippen molar-refractivity contribution in [2.45, 2.75) is 38.8 Å². The molecule has 0 saturated heterocycles. The van der Waals surface area contributed by atoms with Crippen molar-refractivity contribution in [2.75, 3.05) is 5.32 Å². The van der Waals surface area contributed by atoms with Gasteiger partial charge in [0, 0.05) is 6.20 Å². The van der Waals surface area contributed by atoms with Gasteiger partial charge in [-0.25, -0.2) is 0 Å². The number of carbonyl (C=O) groups is 1. The molecule has 2 rings (SSSR count). The molecule has 1 N–H and O–H groups in total. The van der Waals surface area contributed by atoms with E-state index in [1.54, 1.807) is 0 Å². The van der Waals surface area contributed by atoms with Gasteiger partial charge in [-0.1, -0.05) is 11.6 Å². The van der Waals surface area contributed by atoms with Gasteiger partial charge in [0.05, 0.1) is 22.6 Å². The van der Waals surface area contributed by atoms with E-state index in [0.29, 0.717) is 4.68 Å². The lowest BCUT2D eigenvalue weighted by Gasteiger charge is -2.13. The first-order chi connectivity index (χ1) is 11.8. The largest absolute Gasteiger partial charge is 0.436 e. The lowest BCUT2D eigenvalue weighted by molar-refractivity contribution is -0.143. The lowest BCUT2D eigenvalue weighted by atomic mass is 10.3. The van der Waals surface area contributed by atoms with Crippen LogP contribution in [0.25, 0.3) is 0 Å². The zero-order chi connectivity index (χ0) is 19.9. The maximum absolute atomic E-state index is 12.8. The average molecular weight is 404 g/mol. The second-order valence-electron chi connectivity index (χ2n) is 5.40. The van der Waals surface area contributed by atoms with Gasteiger partial charge in [0.1, 0.15) is 12.6 Å². The first-order valence-electron chi connectivity index (χ1n) is 7.01. The second kappa shape index (κ2) is 6.82. The Bertz CT molecular complexity index is 809. The molecule has 0 radical (unpaired) electrons. The summed E-state index contributed by atoms with van der Waals surface area (Å²) in [6.07, 6.45) is -7.35. The highest BCUT2D eigenvalue weighted by atomic mass is 35.5. The molecule has 13 heteroatoms. The van der Waals surface area contributed by atoms with Crippen molar-refractivity contribution in [3.8, 4) is 0 Å². The topological polar surface area (TPSA) is 64.7 Å². The molecule has 0 bridgehead atoms. The minimum Gasteiger partial charge on any atom is -0.322 e. The Morgan fingerprint density at radius 3 is 2.42 bits per heavy atom. The number of aromatic nitrogens is 4. The Morgan fingerprint density at radius 1 is 1.31 bits per heavy atom. The predicted molar refractivity (Wildman–Crippen MR) is 78.6 cm³/mol. The van der Waals surface area contributed by atoms with Gasteiger partial charge >= 0.3 is 12.4 Å². The summed E-state index contributed by atoms with van der Waals surface area (Å²) in [7, 11) is 0. The average Bonchev–Trinajstić information content (AvgIpc) is 3.01. The van der Waals surface area contributed by atoms with E-state index in [1.807, 2.05) is 0 Å². The highest BCUT2D eigenvalue weighted by Gasteiger charge is 2.39. The molecule has 1 unspecified atom stereocenters. The van der Waals surface area contributed by atoms with E-state index in [2.05, 4.69) is 15.5 Å². The number of alkyl halides is 6. The lowest BCUT2D eigenvalue weighted by Crippen LogP contribution is -2.25. The van der Waals surface area contributed by atoms with Crippen LogP contribution in [0.4, 0.5) is 32.0 Å². The third kappa shape index (κ3) is 4.48.